The fourth-order valence-corrected chi connectivity index (χ4v) is 3.97. The van der Waals surface area contributed by atoms with Crippen LogP contribution in [0.1, 0.15) is 17.0 Å². The molecule has 1 aromatic carbocycles. The van der Waals surface area contributed by atoms with Gasteiger partial charge in [0.25, 0.3) is 0 Å². The van der Waals surface area contributed by atoms with E-state index in [1.54, 1.807) is 36.9 Å². The highest BCUT2D eigenvalue weighted by molar-refractivity contribution is 7.14. The summed E-state index contributed by atoms with van der Waals surface area (Å²) in [5.41, 5.74) is 3.66. The average molecular weight is 433 g/mol. The minimum absolute atomic E-state index is 0.216. The van der Waals surface area contributed by atoms with Crippen LogP contribution in [0.3, 0.4) is 0 Å². The molecule has 3 aromatic heterocycles. The molecule has 0 aliphatic rings. The number of nitrogens with one attached hydrogen (secondary N) is 1. The van der Waals surface area contributed by atoms with Crippen molar-refractivity contribution in [1.29, 1.82) is 0 Å². The predicted octanol–water partition coefficient (Wildman–Crippen LogP) is 4.64. The van der Waals surface area contributed by atoms with E-state index < -0.39 is 0 Å². The Hall–Kier alpha value is -3.78. The number of hydrogen-bond donors (Lipinski definition) is 1. The number of carbonyl (C=O) groups excluding carboxylic acids is 1. The summed E-state index contributed by atoms with van der Waals surface area (Å²) in [6.07, 6.45) is 9.51. The van der Waals surface area contributed by atoms with Crippen LogP contribution in [0.25, 0.3) is 16.5 Å². The zero-order valence-electron chi connectivity index (χ0n) is 16.8. The summed E-state index contributed by atoms with van der Waals surface area (Å²) in [6, 6.07) is 11.5. The lowest BCUT2D eigenvalue weighted by molar-refractivity contribution is -0.111. The predicted molar refractivity (Wildman–Crippen MR) is 120 cm³/mol. The summed E-state index contributed by atoms with van der Waals surface area (Å²) in [5, 5.41) is 12.4. The van der Waals surface area contributed by atoms with Gasteiger partial charge in [0.05, 0.1) is 12.0 Å². The molecule has 156 valence electrons. The number of methoxy groups -OCH3 is 1. The van der Waals surface area contributed by atoms with Crippen LogP contribution in [-0.4, -0.2) is 28.2 Å². The maximum absolute atomic E-state index is 12.4. The number of thiophene rings is 1. The van der Waals surface area contributed by atoms with E-state index in [1.807, 2.05) is 41.8 Å². The van der Waals surface area contributed by atoms with Gasteiger partial charge < -0.3 is 14.5 Å². The average Bonchev–Trinajstić information content (AvgIpc) is 3.49. The first-order valence-electron chi connectivity index (χ1n) is 9.62. The number of rotatable bonds is 8. The molecule has 4 rings (SSSR count). The molecule has 0 bridgehead atoms. The Morgan fingerprint density at radius 2 is 2.06 bits per heavy atom. The molecule has 7 nitrogen and oxygen atoms in total. The zero-order chi connectivity index (χ0) is 21.5. The Kier molecular flexibility index (Phi) is 6.49. The lowest BCUT2D eigenvalue weighted by atomic mass is 10.1. The van der Waals surface area contributed by atoms with Crippen LogP contribution in [0.2, 0.25) is 0 Å². The number of benzene rings is 1. The molecule has 0 saturated carbocycles. The first-order valence-corrected chi connectivity index (χ1v) is 10.5. The van der Waals surface area contributed by atoms with Gasteiger partial charge in [-0.3, -0.25) is 9.78 Å². The monoisotopic (exact) mass is 432 g/mol. The highest BCUT2D eigenvalue weighted by Gasteiger charge is 2.11. The molecule has 8 heteroatoms. The molecular formula is C23H20N4O3S. The number of aryl methyl sites for hydroxylation is 2. The largest absolute Gasteiger partial charge is 0.495 e. The fraction of sp³-hybridized carbons (Fsp3) is 0.130. The van der Waals surface area contributed by atoms with E-state index in [2.05, 4.69) is 20.5 Å². The van der Waals surface area contributed by atoms with Crippen molar-refractivity contribution in [3.8, 4) is 16.2 Å². The molecule has 4 aromatic rings. The second kappa shape index (κ2) is 9.82. The summed E-state index contributed by atoms with van der Waals surface area (Å²) in [4.78, 5) is 17.6. The third kappa shape index (κ3) is 5.23. The normalized spacial score (nSPS) is 11.0. The summed E-state index contributed by atoms with van der Waals surface area (Å²) in [5.74, 6) is 1.19. The Morgan fingerprint density at radius 3 is 2.84 bits per heavy atom. The molecule has 0 unspecified atom stereocenters. The van der Waals surface area contributed by atoms with Crippen molar-refractivity contribution in [2.24, 2.45) is 0 Å². The van der Waals surface area contributed by atoms with Crippen molar-refractivity contribution < 1.29 is 13.9 Å². The number of anilines is 1. The molecule has 0 radical (unpaired) electrons. The second-order valence-corrected chi connectivity index (χ2v) is 7.55. The topological polar surface area (TPSA) is 90.1 Å². The molecule has 1 amide bonds. The number of nitrogens with zero attached hydrogens (tertiary/aromatic N) is 3. The van der Waals surface area contributed by atoms with E-state index in [1.165, 1.54) is 12.5 Å². The summed E-state index contributed by atoms with van der Waals surface area (Å²) >= 11 is 1.58. The van der Waals surface area contributed by atoms with Crippen molar-refractivity contribution in [1.82, 2.24) is 15.2 Å². The Morgan fingerprint density at radius 1 is 1.19 bits per heavy atom. The van der Waals surface area contributed by atoms with Gasteiger partial charge in [-0.25, -0.2) is 0 Å². The van der Waals surface area contributed by atoms with E-state index in [0.29, 0.717) is 12.3 Å². The van der Waals surface area contributed by atoms with Gasteiger partial charge in [-0.2, -0.15) is 0 Å². The smallest absolute Gasteiger partial charge is 0.248 e. The number of pyridine rings is 1. The minimum Gasteiger partial charge on any atom is -0.495 e. The van der Waals surface area contributed by atoms with Gasteiger partial charge in [0.1, 0.15) is 5.75 Å². The van der Waals surface area contributed by atoms with Crippen molar-refractivity contribution >= 4 is 29.0 Å². The van der Waals surface area contributed by atoms with Crippen LogP contribution in [0, 0.1) is 0 Å². The Labute approximate surface area is 183 Å². The quantitative estimate of drug-likeness (QED) is 0.408. The number of aromatic nitrogens is 3. The molecule has 3 heterocycles. The van der Waals surface area contributed by atoms with Gasteiger partial charge in [-0.1, -0.05) is 12.1 Å². The molecule has 31 heavy (non-hydrogen) atoms. The molecule has 0 spiro atoms. The molecule has 0 aliphatic carbocycles. The lowest BCUT2D eigenvalue weighted by Gasteiger charge is -2.07. The van der Waals surface area contributed by atoms with Crippen LogP contribution in [0.5, 0.6) is 5.75 Å². The van der Waals surface area contributed by atoms with Gasteiger partial charge in [0.2, 0.25) is 18.2 Å². The number of amides is 1. The summed E-state index contributed by atoms with van der Waals surface area (Å²) in [6.45, 7) is 0. The van der Waals surface area contributed by atoms with Crippen molar-refractivity contribution in [2.75, 3.05) is 12.4 Å². The second-order valence-electron chi connectivity index (χ2n) is 6.63. The molecular weight excluding hydrogens is 412 g/mol. The van der Waals surface area contributed by atoms with Gasteiger partial charge in [0, 0.05) is 41.7 Å². The lowest BCUT2D eigenvalue weighted by Crippen LogP contribution is -2.07. The third-order valence-corrected chi connectivity index (χ3v) is 5.54. The van der Waals surface area contributed by atoms with Crippen molar-refractivity contribution in [3.05, 3.63) is 83.7 Å². The first kappa shape index (κ1) is 20.5. The Balaban J connectivity index is 1.39. The number of ether oxygens (including phenoxy) is 1. The highest BCUT2D eigenvalue weighted by Crippen LogP contribution is 2.37. The molecule has 0 atom stereocenters. The number of carbonyl (C=O) groups is 1. The van der Waals surface area contributed by atoms with Crippen LogP contribution in [-0.2, 0) is 17.6 Å². The van der Waals surface area contributed by atoms with E-state index in [4.69, 9.17) is 9.15 Å². The maximum atomic E-state index is 12.4. The fourth-order valence-electron chi connectivity index (χ4n) is 3.06. The zero-order valence-corrected chi connectivity index (χ0v) is 17.6. The Bertz CT molecular complexity index is 1170. The van der Waals surface area contributed by atoms with Crippen LogP contribution < -0.4 is 10.1 Å². The maximum Gasteiger partial charge on any atom is 0.248 e. The molecule has 0 aliphatic heterocycles. The van der Waals surface area contributed by atoms with Gasteiger partial charge >= 0.3 is 0 Å². The van der Waals surface area contributed by atoms with Crippen molar-refractivity contribution in [2.45, 2.75) is 12.8 Å². The van der Waals surface area contributed by atoms with Crippen LogP contribution in [0.15, 0.2) is 71.1 Å². The highest BCUT2D eigenvalue weighted by atomic mass is 32.1. The van der Waals surface area contributed by atoms with E-state index in [0.717, 1.165) is 39.4 Å². The first-order chi connectivity index (χ1) is 15.2. The van der Waals surface area contributed by atoms with Crippen LogP contribution in [0.4, 0.5) is 5.69 Å². The molecule has 0 fully saturated rings. The van der Waals surface area contributed by atoms with E-state index in [-0.39, 0.29) is 5.91 Å². The summed E-state index contributed by atoms with van der Waals surface area (Å²) < 4.78 is 10.6. The van der Waals surface area contributed by atoms with E-state index in [9.17, 15) is 4.79 Å². The van der Waals surface area contributed by atoms with Crippen LogP contribution >= 0.6 is 11.3 Å². The third-order valence-electron chi connectivity index (χ3n) is 4.61. The summed E-state index contributed by atoms with van der Waals surface area (Å²) in [7, 11) is 1.64. The number of hydrogen-bond acceptors (Lipinski definition) is 7. The molecule has 0 saturated heterocycles. The standard InChI is InChI=1S/C23H20N4O3S/c1-29-20-11-13-31-23(20)19-10-12-24-14-17(19)5-8-21(28)26-18-6-2-16(3-7-18)4-9-22-27-25-15-30-22/h2-3,5-8,10-15H,4,9H2,1H3,(H,26,28)/b8-5+. The van der Waals surface area contributed by atoms with Crippen molar-refractivity contribution in [3.63, 3.8) is 0 Å². The molecule has 1 N–H and O–H groups in total. The SMILES string of the molecule is COc1ccsc1-c1ccncc1/C=C/C(=O)Nc1ccc(CCc2nnco2)cc1. The van der Waals surface area contributed by atoms with Gasteiger partial charge in [-0.05, 0) is 47.7 Å². The minimum atomic E-state index is -0.216. The van der Waals surface area contributed by atoms with Gasteiger partial charge in [-0.15, -0.1) is 21.5 Å². The van der Waals surface area contributed by atoms with Gasteiger partial charge in [0.15, 0.2) is 0 Å². The van der Waals surface area contributed by atoms with E-state index >= 15 is 0 Å².